The first kappa shape index (κ1) is 9.01. The van der Waals surface area contributed by atoms with E-state index in [1.54, 1.807) is 12.1 Å². The summed E-state index contributed by atoms with van der Waals surface area (Å²) in [6.07, 6.45) is 0.778. The Labute approximate surface area is 78.5 Å². The van der Waals surface area contributed by atoms with Crippen LogP contribution >= 0.6 is 27.5 Å². The van der Waals surface area contributed by atoms with Crippen LogP contribution in [0.2, 0.25) is 0 Å². The van der Waals surface area contributed by atoms with Crippen LogP contribution in [0.3, 0.4) is 0 Å². The van der Waals surface area contributed by atoms with E-state index in [1.807, 2.05) is 0 Å². The molecule has 0 radical (unpaired) electrons. The Kier molecular flexibility index (Phi) is 3.34. The third kappa shape index (κ3) is 2.46. The van der Waals surface area contributed by atoms with E-state index in [0.717, 1.165) is 12.0 Å². The van der Waals surface area contributed by atoms with Gasteiger partial charge in [-0.1, -0.05) is 6.07 Å². The predicted octanol–water partition coefficient (Wildman–Crippen LogP) is 3.37. The predicted molar refractivity (Wildman–Crippen MR) is 48.5 cm³/mol. The lowest BCUT2D eigenvalue weighted by Gasteiger charge is -1.98. The second-order valence-corrected chi connectivity index (χ2v) is 3.42. The fourth-order valence-corrected chi connectivity index (χ4v) is 1.45. The maximum Gasteiger partial charge on any atom is 0.137 e. The summed E-state index contributed by atoms with van der Waals surface area (Å²) in [7, 11) is 0. The van der Waals surface area contributed by atoms with Gasteiger partial charge in [0.1, 0.15) is 5.82 Å². The summed E-state index contributed by atoms with van der Waals surface area (Å²) in [6.45, 7) is 0. The molecule has 0 atom stereocenters. The van der Waals surface area contributed by atoms with Crippen molar-refractivity contribution in [1.82, 2.24) is 0 Å². The standard InChI is InChI=1S/C8H7BrClF/c9-7-5-6(3-4-10)1-2-8(7)11/h1-2,5H,3-4H2. The van der Waals surface area contributed by atoms with Crippen LogP contribution in [0, 0.1) is 5.82 Å². The van der Waals surface area contributed by atoms with Crippen LogP contribution in [0.15, 0.2) is 22.7 Å². The van der Waals surface area contributed by atoms with Gasteiger partial charge in [-0.25, -0.2) is 4.39 Å². The molecule has 60 valence electrons. The van der Waals surface area contributed by atoms with Gasteiger partial charge in [0.05, 0.1) is 4.47 Å². The van der Waals surface area contributed by atoms with Crippen molar-refractivity contribution < 1.29 is 4.39 Å². The quantitative estimate of drug-likeness (QED) is 0.692. The largest absolute Gasteiger partial charge is 0.206 e. The minimum Gasteiger partial charge on any atom is -0.206 e. The summed E-state index contributed by atoms with van der Waals surface area (Å²) < 4.78 is 13.2. The molecule has 0 saturated heterocycles. The molecular weight excluding hydrogens is 230 g/mol. The summed E-state index contributed by atoms with van der Waals surface area (Å²) in [4.78, 5) is 0. The van der Waals surface area contributed by atoms with Crippen LogP contribution in [-0.4, -0.2) is 5.88 Å². The van der Waals surface area contributed by atoms with Crippen LogP contribution in [-0.2, 0) is 6.42 Å². The van der Waals surface area contributed by atoms with Gasteiger partial charge < -0.3 is 0 Å². The van der Waals surface area contributed by atoms with Gasteiger partial charge in [-0.05, 0) is 40.0 Å². The molecule has 1 aromatic rings. The summed E-state index contributed by atoms with van der Waals surface area (Å²) >= 11 is 8.62. The van der Waals surface area contributed by atoms with E-state index in [9.17, 15) is 4.39 Å². The first-order valence-electron chi connectivity index (χ1n) is 3.24. The SMILES string of the molecule is Fc1ccc(CCCl)cc1Br. The van der Waals surface area contributed by atoms with Gasteiger partial charge in [0.2, 0.25) is 0 Å². The molecule has 0 aliphatic heterocycles. The molecule has 0 saturated carbocycles. The van der Waals surface area contributed by atoms with E-state index in [2.05, 4.69) is 15.9 Å². The van der Waals surface area contributed by atoms with Crippen LogP contribution in [0.4, 0.5) is 4.39 Å². The number of aryl methyl sites for hydroxylation is 1. The molecule has 0 aromatic heterocycles. The number of alkyl halides is 1. The van der Waals surface area contributed by atoms with E-state index < -0.39 is 0 Å². The van der Waals surface area contributed by atoms with Gasteiger partial charge in [0, 0.05) is 5.88 Å². The highest BCUT2D eigenvalue weighted by Crippen LogP contribution is 2.17. The molecule has 0 spiro atoms. The summed E-state index contributed by atoms with van der Waals surface area (Å²) in [5.41, 5.74) is 1.05. The molecule has 3 heteroatoms. The summed E-state index contributed by atoms with van der Waals surface area (Å²) in [5.74, 6) is 0.334. The van der Waals surface area contributed by atoms with E-state index in [1.165, 1.54) is 6.07 Å². The van der Waals surface area contributed by atoms with Crippen molar-refractivity contribution in [2.24, 2.45) is 0 Å². The van der Waals surface area contributed by atoms with Crippen LogP contribution in [0.1, 0.15) is 5.56 Å². The highest BCUT2D eigenvalue weighted by atomic mass is 79.9. The molecule has 0 nitrogen and oxygen atoms in total. The fraction of sp³-hybridized carbons (Fsp3) is 0.250. The summed E-state index contributed by atoms with van der Waals surface area (Å²) in [6, 6.07) is 4.92. The average Bonchev–Trinajstić information content (AvgIpc) is 1.98. The Morgan fingerprint density at radius 2 is 2.18 bits per heavy atom. The first-order chi connectivity index (χ1) is 5.24. The molecule has 0 unspecified atom stereocenters. The zero-order chi connectivity index (χ0) is 8.27. The Bertz CT molecular complexity index is 250. The molecule has 1 rings (SSSR count). The Morgan fingerprint density at radius 1 is 1.45 bits per heavy atom. The fourth-order valence-electron chi connectivity index (χ4n) is 0.804. The van der Waals surface area contributed by atoms with E-state index in [-0.39, 0.29) is 5.82 Å². The van der Waals surface area contributed by atoms with E-state index in [0.29, 0.717) is 10.4 Å². The van der Waals surface area contributed by atoms with Crippen LogP contribution < -0.4 is 0 Å². The minimum atomic E-state index is -0.233. The smallest absolute Gasteiger partial charge is 0.137 e. The highest BCUT2D eigenvalue weighted by molar-refractivity contribution is 9.10. The average molecular weight is 237 g/mol. The third-order valence-corrected chi connectivity index (χ3v) is 2.16. The molecule has 0 amide bonds. The van der Waals surface area contributed by atoms with Gasteiger partial charge >= 0.3 is 0 Å². The van der Waals surface area contributed by atoms with E-state index >= 15 is 0 Å². The van der Waals surface area contributed by atoms with Crippen molar-refractivity contribution in [3.63, 3.8) is 0 Å². The van der Waals surface area contributed by atoms with Crippen molar-refractivity contribution in [1.29, 1.82) is 0 Å². The molecule has 1 aromatic carbocycles. The van der Waals surface area contributed by atoms with Crippen molar-refractivity contribution in [3.8, 4) is 0 Å². The second-order valence-electron chi connectivity index (χ2n) is 2.19. The Morgan fingerprint density at radius 3 is 2.73 bits per heavy atom. The second kappa shape index (κ2) is 4.07. The van der Waals surface area contributed by atoms with Gasteiger partial charge in [-0.3, -0.25) is 0 Å². The van der Waals surface area contributed by atoms with Gasteiger partial charge in [0.15, 0.2) is 0 Å². The first-order valence-corrected chi connectivity index (χ1v) is 4.56. The number of rotatable bonds is 2. The topological polar surface area (TPSA) is 0 Å². The van der Waals surface area contributed by atoms with Crippen molar-refractivity contribution in [2.45, 2.75) is 6.42 Å². The lowest BCUT2D eigenvalue weighted by molar-refractivity contribution is 0.620. The Balaban J connectivity index is 2.86. The molecule has 0 fully saturated rings. The van der Waals surface area contributed by atoms with Crippen molar-refractivity contribution in [2.75, 3.05) is 5.88 Å². The molecule has 11 heavy (non-hydrogen) atoms. The van der Waals surface area contributed by atoms with Crippen molar-refractivity contribution in [3.05, 3.63) is 34.1 Å². The zero-order valence-electron chi connectivity index (χ0n) is 5.78. The maximum atomic E-state index is 12.7. The van der Waals surface area contributed by atoms with Crippen molar-refractivity contribution >= 4 is 27.5 Å². The maximum absolute atomic E-state index is 12.7. The molecule has 0 N–H and O–H groups in total. The normalized spacial score (nSPS) is 10.1. The number of hydrogen-bond donors (Lipinski definition) is 0. The number of benzene rings is 1. The zero-order valence-corrected chi connectivity index (χ0v) is 8.12. The summed E-state index contributed by atoms with van der Waals surface area (Å²) in [5, 5.41) is 0. The van der Waals surface area contributed by atoms with Gasteiger partial charge in [-0.15, -0.1) is 11.6 Å². The molecule has 0 aliphatic carbocycles. The number of halogens is 3. The lowest BCUT2D eigenvalue weighted by atomic mass is 10.2. The number of hydrogen-bond acceptors (Lipinski definition) is 0. The van der Waals surface area contributed by atoms with Gasteiger partial charge in [-0.2, -0.15) is 0 Å². The monoisotopic (exact) mass is 236 g/mol. The molecule has 0 aliphatic rings. The molecule has 0 bridgehead atoms. The minimum absolute atomic E-state index is 0.233. The highest BCUT2D eigenvalue weighted by Gasteiger charge is 1.98. The Hall–Kier alpha value is -0.0800. The van der Waals surface area contributed by atoms with E-state index in [4.69, 9.17) is 11.6 Å². The molecule has 0 heterocycles. The van der Waals surface area contributed by atoms with Crippen LogP contribution in [0.25, 0.3) is 0 Å². The van der Waals surface area contributed by atoms with Crippen LogP contribution in [0.5, 0.6) is 0 Å². The molecular formula is C8H7BrClF. The third-order valence-electron chi connectivity index (χ3n) is 1.37. The van der Waals surface area contributed by atoms with Gasteiger partial charge in [0.25, 0.3) is 0 Å². The lowest BCUT2D eigenvalue weighted by Crippen LogP contribution is -1.87.